The molecule has 3 N–H and O–H groups in total. The molecule has 0 aromatic heterocycles. The van der Waals surface area contributed by atoms with E-state index in [-0.39, 0.29) is 11.4 Å². The van der Waals surface area contributed by atoms with Crippen molar-refractivity contribution in [2.24, 2.45) is 5.73 Å². The number of benzene rings is 1. The van der Waals surface area contributed by atoms with E-state index in [1.165, 1.54) is 6.07 Å². The molecule has 0 bridgehead atoms. The third-order valence-corrected chi connectivity index (χ3v) is 2.85. The van der Waals surface area contributed by atoms with Crippen LogP contribution < -0.4 is 11.1 Å². The highest BCUT2D eigenvalue weighted by Crippen LogP contribution is 2.26. The number of nitro groups is 1. The number of nitrogens with zero attached hydrogens (tertiary/aromatic N) is 1. The number of anilines is 1. The van der Waals surface area contributed by atoms with Gasteiger partial charge in [-0.05, 0) is 31.9 Å². The molecule has 1 amide bonds. The summed E-state index contributed by atoms with van der Waals surface area (Å²) in [4.78, 5) is 22.2. The summed E-state index contributed by atoms with van der Waals surface area (Å²) >= 11 is 0. The SMILES string of the molecule is CCC(C)(N)C(=O)Nc1cc(C)ccc1[N+](=O)[O-]. The molecule has 1 unspecified atom stereocenters. The van der Waals surface area contributed by atoms with E-state index >= 15 is 0 Å². The van der Waals surface area contributed by atoms with Gasteiger partial charge in [-0.1, -0.05) is 13.0 Å². The fourth-order valence-corrected chi connectivity index (χ4v) is 1.33. The first-order valence-corrected chi connectivity index (χ1v) is 5.63. The molecule has 0 aliphatic carbocycles. The Morgan fingerprint density at radius 2 is 2.17 bits per heavy atom. The summed E-state index contributed by atoms with van der Waals surface area (Å²) in [5, 5.41) is 13.4. The summed E-state index contributed by atoms with van der Waals surface area (Å²) in [6, 6.07) is 4.54. The van der Waals surface area contributed by atoms with E-state index in [4.69, 9.17) is 5.73 Å². The van der Waals surface area contributed by atoms with Crippen LogP contribution in [0.5, 0.6) is 0 Å². The normalized spacial score (nSPS) is 13.8. The van der Waals surface area contributed by atoms with E-state index in [0.717, 1.165) is 5.56 Å². The minimum absolute atomic E-state index is 0.138. The van der Waals surface area contributed by atoms with E-state index in [0.29, 0.717) is 6.42 Å². The first-order valence-electron chi connectivity index (χ1n) is 5.63. The average molecular weight is 251 g/mol. The van der Waals surface area contributed by atoms with Crippen LogP contribution in [0.3, 0.4) is 0 Å². The van der Waals surface area contributed by atoms with Crippen LogP contribution in [0.4, 0.5) is 11.4 Å². The minimum atomic E-state index is -1.04. The predicted molar refractivity (Wildman–Crippen MR) is 69.3 cm³/mol. The second-order valence-corrected chi connectivity index (χ2v) is 4.50. The summed E-state index contributed by atoms with van der Waals surface area (Å²) in [6.45, 7) is 5.16. The summed E-state index contributed by atoms with van der Waals surface area (Å²) < 4.78 is 0. The Bertz CT molecular complexity index is 483. The number of rotatable bonds is 4. The van der Waals surface area contributed by atoms with Gasteiger partial charge in [-0.3, -0.25) is 14.9 Å². The lowest BCUT2D eigenvalue weighted by atomic mass is 9.99. The van der Waals surface area contributed by atoms with Gasteiger partial charge in [-0.25, -0.2) is 0 Å². The highest BCUT2D eigenvalue weighted by Gasteiger charge is 2.28. The second kappa shape index (κ2) is 5.14. The molecule has 98 valence electrons. The van der Waals surface area contributed by atoms with Crippen molar-refractivity contribution >= 4 is 17.3 Å². The van der Waals surface area contributed by atoms with Crippen molar-refractivity contribution in [2.75, 3.05) is 5.32 Å². The third-order valence-electron chi connectivity index (χ3n) is 2.85. The van der Waals surface area contributed by atoms with Gasteiger partial charge >= 0.3 is 0 Å². The molecule has 0 spiro atoms. The van der Waals surface area contributed by atoms with Crippen molar-refractivity contribution in [3.05, 3.63) is 33.9 Å². The van der Waals surface area contributed by atoms with Gasteiger partial charge in [0.1, 0.15) is 5.69 Å². The second-order valence-electron chi connectivity index (χ2n) is 4.50. The van der Waals surface area contributed by atoms with Crippen LogP contribution in [0.25, 0.3) is 0 Å². The maximum Gasteiger partial charge on any atom is 0.292 e. The van der Waals surface area contributed by atoms with Gasteiger partial charge in [0, 0.05) is 6.07 Å². The minimum Gasteiger partial charge on any atom is -0.319 e. The molecule has 1 atom stereocenters. The molecule has 0 saturated heterocycles. The van der Waals surface area contributed by atoms with Crippen molar-refractivity contribution in [2.45, 2.75) is 32.7 Å². The van der Waals surface area contributed by atoms with Crippen molar-refractivity contribution in [3.63, 3.8) is 0 Å². The molecule has 18 heavy (non-hydrogen) atoms. The van der Waals surface area contributed by atoms with Gasteiger partial charge in [0.05, 0.1) is 10.5 Å². The first-order chi connectivity index (χ1) is 8.27. The topological polar surface area (TPSA) is 98.3 Å². The molecule has 1 rings (SSSR count). The van der Waals surface area contributed by atoms with Crippen LogP contribution in [-0.4, -0.2) is 16.4 Å². The van der Waals surface area contributed by atoms with Crippen LogP contribution in [0.1, 0.15) is 25.8 Å². The highest BCUT2D eigenvalue weighted by molar-refractivity contribution is 5.99. The molecule has 1 aromatic rings. The van der Waals surface area contributed by atoms with Gasteiger partial charge in [-0.2, -0.15) is 0 Å². The summed E-state index contributed by atoms with van der Waals surface area (Å²) in [5.74, 6) is -0.432. The van der Waals surface area contributed by atoms with Gasteiger partial charge in [0.25, 0.3) is 5.69 Å². The van der Waals surface area contributed by atoms with Crippen LogP contribution in [0.2, 0.25) is 0 Å². The Kier molecular flexibility index (Phi) is 4.03. The lowest BCUT2D eigenvalue weighted by Gasteiger charge is -2.21. The summed E-state index contributed by atoms with van der Waals surface area (Å²) in [5.41, 5.74) is 5.61. The predicted octanol–water partition coefficient (Wildman–Crippen LogP) is 1.97. The van der Waals surface area contributed by atoms with Crippen molar-refractivity contribution < 1.29 is 9.72 Å². The average Bonchev–Trinajstić information content (AvgIpc) is 2.28. The number of amides is 1. The number of carbonyl (C=O) groups excluding carboxylic acids is 1. The number of nitrogens with two attached hydrogens (primary N) is 1. The molecule has 0 heterocycles. The zero-order valence-electron chi connectivity index (χ0n) is 10.7. The van der Waals surface area contributed by atoms with E-state index in [1.54, 1.807) is 32.9 Å². The van der Waals surface area contributed by atoms with Crippen LogP contribution in [0.15, 0.2) is 18.2 Å². The maximum absolute atomic E-state index is 11.9. The van der Waals surface area contributed by atoms with E-state index in [2.05, 4.69) is 5.32 Å². The van der Waals surface area contributed by atoms with Gasteiger partial charge in [0.2, 0.25) is 5.91 Å². The van der Waals surface area contributed by atoms with Crippen molar-refractivity contribution in [3.8, 4) is 0 Å². The van der Waals surface area contributed by atoms with Crippen LogP contribution in [0, 0.1) is 17.0 Å². The van der Waals surface area contributed by atoms with Gasteiger partial charge < -0.3 is 11.1 Å². The van der Waals surface area contributed by atoms with E-state index in [9.17, 15) is 14.9 Å². The zero-order chi connectivity index (χ0) is 13.9. The quantitative estimate of drug-likeness (QED) is 0.631. The van der Waals surface area contributed by atoms with Crippen molar-refractivity contribution in [1.29, 1.82) is 0 Å². The molecular formula is C12H17N3O3. The number of nitro benzene ring substituents is 1. The molecule has 0 radical (unpaired) electrons. The fourth-order valence-electron chi connectivity index (χ4n) is 1.33. The molecule has 6 nitrogen and oxygen atoms in total. The first kappa shape index (κ1) is 14.1. The van der Waals surface area contributed by atoms with E-state index in [1.807, 2.05) is 0 Å². The Morgan fingerprint density at radius 1 is 1.56 bits per heavy atom. The van der Waals surface area contributed by atoms with Gasteiger partial charge in [0.15, 0.2) is 0 Å². The number of aryl methyl sites for hydroxylation is 1. The molecule has 0 aliphatic heterocycles. The molecular weight excluding hydrogens is 234 g/mol. The zero-order valence-corrected chi connectivity index (χ0v) is 10.7. The standard InChI is InChI=1S/C12H17N3O3/c1-4-12(3,13)11(16)14-9-7-8(2)5-6-10(9)15(17)18/h5-7H,4,13H2,1-3H3,(H,14,16). The molecule has 0 aliphatic rings. The summed E-state index contributed by atoms with van der Waals surface area (Å²) in [7, 11) is 0. The Hall–Kier alpha value is -1.95. The largest absolute Gasteiger partial charge is 0.319 e. The molecule has 1 aromatic carbocycles. The van der Waals surface area contributed by atoms with Crippen molar-refractivity contribution in [1.82, 2.24) is 0 Å². The van der Waals surface area contributed by atoms with Gasteiger partial charge in [-0.15, -0.1) is 0 Å². The van der Waals surface area contributed by atoms with Crippen LogP contribution in [-0.2, 0) is 4.79 Å². The number of carbonyl (C=O) groups is 1. The molecule has 6 heteroatoms. The number of nitrogens with one attached hydrogen (secondary N) is 1. The Labute approximate surface area is 105 Å². The number of hydrogen-bond acceptors (Lipinski definition) is 4. The van der Waals surface area contributed by atoms with E-state index < -0.39 is 16.4 Å². The highest BCUT2D eigenvalue weighted by atomic mass is 16.6. The summed E-state index contributed by atoms with van der Waals surface area (Å²) in [6.07, 6.45) is 0.443. The molecule has 0 fully saturated rings. The maximum atomic E-state index is 11.9. The lowest BCUT2D eigenvalue weighted by molar-refractivity contribution is -0.383. The third kappa shape index (κ3) is 3.04. The Morgan fingerprint density at radius 3 is 2.67 bits per heavy atom. The smallest absolute Gasteiger partial charge is 0.292 e. The monoisotopic (exact) mass is 251 g/mol. The lowest BCUT2D eigenvalue weighted by Crippen LogP contribution is -2.47. The van der Waals surface area contributed by atoms with Crippen LogP contribution >= 0.6 is 0 Å². The Balaban J connectivity index is 3.07. The fraction of sp³-hybridized carbons (Fsp3) is 0.417. The number of hydrogen-bond donors (Lipinski definition) is 2. The molecule has 0 saturated carbocycles.